The van der Waals surface area contributed by atoms with Crippen molar-refractivity contribution in [2.75, 3.05) is 11.4 Å². The summed E-state index contributed by atoms with van der Waals surface area (Å²) in [5, 5.41) is 9.18. The Labute approximate surface area is 129 Å². The van der Waals surface area contributed by atoms with Gasteiger partial charge < -0.3 is 10.0 Å². The summed E-state index contributed by atoms with van der Waals surface area (Å²) in [6, 6.07) is 15.6. The van der Waals surface area contributed by atoms with E-state index in [1.165, 1.54) is 6.08 Å². The molecule has 0 unspecified atom stereocenters. The van der Waals surface area contributed by atoms with Gasteiger partial charge in [0.25, 0.3) is 0 Å². The third-order valence-corrected chi connectivity index (χ3v) is 3.41. The van der Waals surface area contributed by atoms with Crippen molar-refractivity contribution in [1.82, 2.24) is 0 Å². The number of hydrogen-bond acceptors (Lipinski definition) is 2. The number of carboxylic acids is 1. The quantitative estimate of drug-likeness (QED) is 0.821. The minimum atomic E-state index is -0.991. The predicted octanol–water partition coefficient (Wildman–Crippen LogP) is 4.60. The van der Waals surface area contributed by atoms with E-state index < -0.39 is 5.97 Å². The molecule has 0 atom stereocenters. The summed E-state index contributed by atoms with van der Waals surface area (Å²) >= 11 is 6.23. The van der Waals surface area contributed by atoms with Gasteiger partial charge in [0.1, 0.15) is 0 Å². The maximum absolute atomic E-state index is 10.6. The molecule has 0 bridgehead atoms. The Morgan fingerprint density at radius 3 is 2.48 bits per heavy atom. The van der Waals surface area contributed by atoms with Crippen molar-refractivity contribution in [2.45, 2.75) is 6.92 Å². The van der Waals surface area contributed by atoms with Crippen LogP contribution in [0.15, 0.2) is 54.6 Å². The number of hydrogen-bond donors (Lipinski definition) is 1. The fourth-order valence-corrected chi connectivity index (χ4v) is 2.34. The molecule has 108 valence electrons. The maximum Gasteiger partial charge on any atom is 0.328 e. The van der Waals surface area contributed by atoms with E-state index in [1.807, 2.05) is 48.5 Å². The number of halogens is 1. The third-order valence-electron chi connectivity index (χ3n) is 3.09. The number of carbonyl (C=O) groups is 1. The third kappa shape index (κ3) is 3.86. The summed E-state index contributed by atoms with van der Waals surface area (Å²) in [6.45, 7) is 2.88. The SMILES string of the molecule is CCN(c1ccccc1)c1ccc(/C=C/C(=O)O)c(Cl)c1. The Balaban J connectivity index is 2.32. The number of benzene rings is 2. The first-order valence-corrected chi connectivity index (χ1v) is 7.02. The van der Waals surface area contributed by atoms with Crippen LogP contribution in [-0.2, 0) is 4.79 Å². The molecule has 2 aromatic carbocycles. The Hall–Kier alpha value is -2.26. The van der Waals surface area contributed by atoms with Crippen molar-refractivity contribution in [3.63, 3.8) is 0 Å². The van der Waals surface area contributed by atoms with Gasteiger partial charge in [0, 0.05) is 29.0 Å². The van der Waals surface area contributed by atoms with Gasteiger partial charge in [0.15, 0.2) is 0 Å². The summed E-state index contributed by atoms with van der Waals surface area (Å²) in [5.74, 6) is -0.991. The molecule has 3 nitrogen and oxygen atoms in total. The number of carboxylic acid groups (broad SMARTS) is 1. The molecule has 0 spiro atoms. The number of nitrogens with zero attached hydrogens (tertiary/aromatic N) is 1. The lowest BCUT2D eigenvalue weighted by Crippen LogP contribution is -2.15. The number of rotatable bonds is 5. The zero-order chi connectivity index (χ0) is 15.2. The Kier molecular flexibility index (Phi) is 5.01. The molecule has 4 heteroatoms. The predicted molar refractivity (Wildman–Crippen MR) is 87.2 cm³/mol. The van der Waals surface area contributed by atoms with Crippen LogP contribution in [0.1, 0.15) is 12.5 Å². The van der Waals surface area contributed by atoms with Crippen molar-refractivity contribution in [3.05, 3.63) is 65.2 Å². The van der Waals surface area contributed by atoms with Crippen molar-refractivity contribution in [1.29, 1.82) is 0 Å². The monoisotopic (exact) mass is 301 g/mol. The second-order valence-electron chi connectivity index (χ2n) is 4.46. The van der Waals surface area contributed by atoms with Gasteiger partial charge in [-0.1, -0.05) is 35.9 Å². The average Bonchev–Trinajstić information content (AvgIpc) is 2.48. The molecule has 0 radical (unpaired) electrons. The second kappa shape index (κ2) is 6.95. The van der Waals surface area contributed by atoms with Crippen LogP contribution in [0.5, 0.6) is 0 Å². The largest absolute Gasteiger partial charge is 0.478 e. The highest BCUT2D eigenvalue weighted by Crippen LogP contribution is 2.29. The van der Waals surface area contributed by atoms with Crippen molar-refractivity contribution >= 4 is 35.0 Å². The molecule has 1 N–H and O–H groups in total. The smallest absolute Gasteiger partial charge is 0.328 e. The highest BCUT2D eigenvalue weighted by atomic mass is 35.5. The molecule has 21 heavy (non-hydrogen) atoms. The minimum absolute atomic E-state index is 0.527. The molecule has 2 aromatic rings. The number of aliphatic carboxylic acids is 1. The summed E-state index contributed by atoms with van der Waals surface area (Å²) in [6.07, 6.45) is 2.57. The topological polar surface area (TPSA) is 40.5 Å². The van der Waals surface area contributed by atoms with Crippen molar-refractivity contribution in [2.24, 2.45) is 0 Å². The first-order valence-electron chi connectivity index (χ1n) is 6.65. The van der Waals surface area contributed by atoms with Crippen molar-refractivity contribution in [3.8, 4) is 0 Å². The van der Waals surface area contributed by atoms with Crippen LogP contribution in [0.2, 0.25) is 5.02 Å². The van der Waals surface area contributed by atoms with E-state index in [0.29, 0.717) is 10.6 Å². The van der Waals surface area contributed by atoms with Gasteiger partial charge in [0.2, 0.25) is 0 Å². The summed E-state index contributed by atoms with van der Waals surface area (Å²) in [7, 11) is 0. The van der Waals surface area contributed by atoms with E-state index in [1.54, 1.807) is 0 Å². The minimum Gasteiger partial charge on any atom is -0.478 e. The maximum atomic E-state index is 10.6. The highest BCUT2D eigenvalue weighted by Gasteiger charge is 2.08. The lowest BCUT2D eigenvalue weighted by Gasteiger charge is -2.23. The van der Waals surface area contributed by atoms with E-state index in [2.05, 4.69) is 11.8 Å². The second-order valence-corrected chi connectivity index (χ2v) is 4.86. The Morgan fingerprint density at radius 2 is 1.90 bits per heavy atom. The van der Waals surface area contributed by atoms with E-state index >= 15 is 0 Å². The summed E-state index contributed by atoms with van der Waals surface area (Å²) in [4.78, 5) is 12.7. The van der Waals surface area contributed by atoms with Crippen LogP contribution in [-0.4, -0.2) is 17.6 Å². The zero-order valence-corrected chi connectivity index (χ0v) is 12.4. The molecule has 0 aliphatic heterocycles. The standard InChI is InChI=1S/C17H16ClNO2/c1-2-19(14-6-4-3-5-7-14)15-10-8-13(16(18)12-15)9-11-17(20)21/h3-12H,2H2,1H3,(H,20,21)/b11-9+. The van der Waals surface area contributed by atoms with Gasteiger partial charge in [-0.2, -0.15) is 0 Å². The number of para-hydroxylation sites is 1. The Morgan fingerprint density at radius 1 is 1.19 bits per heavy atom. The molecule has 0 aromatic heterocycles. The number of anilines is 2. The molecule has 0 aliphatic rings. The fraction of sp³-hybridized carbons (Fsp3) is 0.118. The molecule has 0 saturated heterocycles. The lowest BCUT2D eigenvalue weighted by molar-refractivity contribution is -0.131. The lowest BCUT2D eigenvalue weighted by atomic mass is 10.1. The molecular weight excluding hydrogens is 286 g/mol. The summed E-state index contributed by atoms with van der Waals surface area (Å²) < 4.78 is 0. The molecule has 0 saturated carbocycles. The van der Waals surface area contributed by atoms with Crippen molar-refractivity contribution < 1.29 is 9.90 Å². The van der Waals surface area contributed by atoms with Crippen LogP contribution < -0.4 is 4.90 Å². The molecular formula is C17H16ClNO2. The highest BCUT2D eigenvalue weighted by molar-refractivity contribution is 6.32. The molecule has 0 heterocycles. The van der Waals surface area contributed by atoms with E-state index in [-0.39, 0.29) is 0 Å². The molecule has 2 rings (SSSR count). The first kappa shape index (κ1) is 15.1. The van der Waals surface area contributed by atoms with Gasteiger partial charge in [-0.25, -0.2) is 4.79 Å². The van der Waals surface area contributed by atoms with E-state index in [0.717, 1.165) is 24.0 Å². The molecule has 0 aliphatic carbocycles. The normalized spacial score (nSPS) is 10.8. The van der Waals surface area contributed by atoms with Gasteiger partial charge in [-0.3, -0.25) is 0 Å². The Bertz CT molecular complexity index is 653. The van der Waals surface area contributed by atoms with E-state index in [9.17, 15) is 4.79 Å². The fourth-order valence-electron chi connectivity index (χ4n) is 2.10. The molecule has 0 amide bonds. The van der Waals surface area contributed by atoms with Crippen LogP contribution in [0.3, 0.4) is 0 Å². The van der Waals surface area contributed by atoms with Crippen LogP contribution in [0, 0.1) is 0 Å². The summed E-state index contributed by atoms with van der Waals surface area (Å²) in [5.41, 5.74) is 2.75. The van der Waals surface area contributed by atoms with Gasteiger partial charge in [-0.05, 0) is 42.8 Å². The van der Waals surface area contributed by atoms with Crippen LogP contribution >= 0.6 is 11.6 Å². The van der Waals surface area contributed by atoms with Gasteiger partial charge in [-0.15, -0.1) is 0 Å². The first-order chi connectivity index (χ1) is 10.1. The zero-order valence-electron chi connectivity index (χ0n) is 11.7. The van der Waals surface area contributed by atoms with E-state index in [4.69, 9.17) is 16.7 Å². The van der Waals surface area contributed by atoms with Gasteiger partial charge in [0.05, 0.1) is 0 Å². The van der Waals surface area contributed by atoms with Crippen LogP contribution in [0.4, 0.5) is 11.4 Å². The van der Waals surface area contributed by atoms with Gasteiger partial charge >= 0.3 is 5.97 Å². The van der Waals surface area contributed by atoms with Crippen LogP contribution in [0.25, 0.3) is 6.08 Å². The molecule has 0 fully saturated rings. The average molecular weight is 302 g/mol.